The van der Waals surface area contributed by atoms with E-state index >= 15 is 0 Å². The molecule has 0 saturated carbocycles. The van der Waals surface area contributed by atoms with Gasteiger partial charge in [0.2, 0.25) is 0 Å². The van der Waals surface area contributed by atoms with Crippen LogP contribution in [0.1, 0.15) is 23.7 Å². The van der Waals surface area contributed by atoms with Gasteiger partial charge in [-0.1, -0.05) is 6.92 Å². The quantitative estimate of drug-likeness (QED) is 0.695. The molecule has 4 heteroatoms. The lowest BCUT2D eigenvalue weighted by molar-refractivity contribution is 0.112. The first-order chi connectivity index (χ1) is 7.76. The minimum absolute atomic E-state index is 0.447. The van der Waals surface area contributed by atoms with Crippen LogP contribution < -0.4 is 14.2 Å². The Morgan fingerprint density at radius 3 is 2.31 bits per heavy atom. The van der Waals surface area contributed by atoms with Crippen LogP contribution in [0.15, 0.2) is 12.1 Å². The van der Waals surface area contributed by atoms with Gasteiger partial charge in [-0.3, -0.25) is 4.79 Å². The highest BCUT2D eigenvalue weighted by Crippen LogP contribution is 2.34. The maximum absolute atomic E-state index is 10.8. The number of carbonyl (C=O) groups is 1. The third kappa shape index (κ3) is 2.66. The summed E-state index contributed by atoms with van der Waals surface area (Å²) in [4.78, 5) is 10.8. The van der Waals surface area contributed by atoms with Crippen molar-refractivity contribution in [2.45, 2.75) is 13.3 Å². The van der Waals surface area contributed by atoms with Crippen molar-refractivity contribution >= 4 is 6.29 Å². The summed E-state index contributed by atoms with van der Waals surface area (Å²) in [5.41, 5.74) is 0.447. The van der Waals surface area contributed by atoms with Crippen LogP contribution in [0, 0.1) is 0 Å². The minimum Gasteiger partial charge on any atom is -0.496 e. The van der Waals surface area contributed by atoms with E-state index in [0.29, 0.717) is 29.4 Å². The zero-order chi connectivity index (χ0) is 12.0. The Hall–Kier alpha value is -1.71. The molecule has 0 radical (unpaired) electrons. The molecule has 1 aromatic carbocycles. The van der Waals surface area contributed by atoms with Gasteiger partial charge < -0.3 is 14.2 Å². The van der Waals surface area contributed by atoms with Gasteiger partial charge in [-0.2, -0.15) is 0 Å². The number of methoxy groups -OCH3 is 2. The molecule has 0 fully saturated rings. The summed E-state index contributed by atoms with van der Waals surface area (Å²) in [7, 11) is 3.05. The summed E-state index contributed by atoms with van der Waals surface area (Å²) >= 11 is 0. The smallest absolute Gasteiger partial charge is 0.164 e. The number of hydrogen-bond acceptors (Lipinski definition) is 4. The van der Waals surface area contributed by atoms with Gasteiger partial charge >= 0.3 is 0 Å². The summed E-state index contributed by atoms with van der Waals surface area (Å²) in [6.45, 7) is 2.61. The van der Waals surface area contributed by atoms with Gasteiger partial charge in [0.25, 0.3) is 0 Å². The predicted molar refractivity (Wildman–Crippen MR) is 60.7 cm³/mol. The first-order valence-electron chi connectivity index (χ1n) is 5.10. The maximum atomic E-state index is 10.8. The van der Waals surface area contributed by atoms with Gasteiger partial charge in [-0.05, 0) is 12.5 Å². The van der Waals surface area contributed by atoms with Crippen molar-refractivity contribution in [2.24, 2.45) is 0 Å². The van der Waals surface area contributed by atoms with Crippen molar-refractivity contribution in [1.29, 1.82) is 0 Å². The van der Waals surface area contributed by atoms with Gasteiger partial charge in [0.05, 0.1) is 26.4 Å². The Bertz CT molecular complexity index is 360. The number of aldehydes is 1. The van der Waals surface area contributed by atoms with E-state index in [4.69, 9.17) is 14.2 Å². The van der Waals surface area contributed by atoms with Crippen LogP contribution in [0.3, 0.4) is 0 Å². The van der Waals surface area contributed by atoms with Gasteiger partial charge in [0.1, 0.15) is 5.75 Å². The molecular formula is C12H16O4. The molecule has 0 aliphatic rings. The summed E-state index contributed by atoms with van der Waals surface area (Å²) < 4.78 is 15.7. The average molecular weight is 224 g/mol. The third-order valence-corrected chi connectivity index (χ3v) is 2.10. The van der Waals surface area contributed by atoms with Crippen LogP contribution in [0.2, 0.25) is 0 Å². The maximum Gasteiger partial charge on any atom is 0.164 e. The monoisotopic (exact) mass is 224 g/mol. The molecule has 0 atom stereocenters. The highest BCUT2D eigenvalue weighted by Gasteiger charge is 2.11. The van der Waals surface area contributed by atoms with Crippen LogP contribution in [0.25, 0.3) is 0 Å². The molecule has 0 unspecified atom stereocenters. The predicted octanol–water partition coefficient (Wildman–Crippen LogP) is 2.31. The van der Waals surface area contributed by atoms with E-state index in [9.17, 15) is 4.79 Å². The Morgan fingerprint density at radius 1 is 1.12 bits per heavy atom. The lowest BCUT2D eigenvalue weighted by Gasteiger charge is -2.12. The Labute approximate surface area is 95.1 Å². The number of hydrogen-bond donors (Lipinski definition) is 0. The Balaban J connectivity index is 3.09. The molecule has 88 valence electrons. The molecule has 1 rings (SSSR count). The van der Waals surface area contributed by atoms with Crippen LogP contribution in [-0.2, 0) is 0 Å². The zero-order valence-corrected chi connectivity index (χ0v) is 9.78. The van der Waals surface area contributed by atoms with Gasteiger partial charge in [0.15, 0.2) is 17.8 Å². The molecule has 1 aromatic rings. The highest BCUT2D eigenvalue weighted by atomic mass is 16.5. The Morgan fingerprint density at radius 2 is 1.81 bits per heavy atom. The molecule has 0 spiro atoms. The summed E-state index contributed by atoms with van der Waals surface area (Å²) in [5.74, 6) is 1.62. The molecule has 0 aromatic heterocycles. The molecule has 0 amide bonds. The minimum atomic E-state index is 0.447. The van der Waals surface area contributed by atoms with Crippen molar-refractivity contribution in [2.75, 3.05) is 20.8 Å². The molecular weight excluding hydrogens is 208 g/mol. The largest absolute Gasteiger partial charge is 0.496 e. The average Bonchev–Trinajstić information content (AvgIpc) is 2.35. The van der Waals surface area contributed by atoms with Gasteiger partial charge in [-0.25, -0.2) is 0 Å². The van der Waals surface area contributed by atoms with Gasteiger partial charge in [-0.15, -0.1) is 0 Å². The second-order valence-corrected chi connectivity index (χ2v) is 3.21. The lowest BCUT2D eigenvalue weighted by Crippen LogP contribution is -2.00. The number of carbonyl (C=O) groups excluding carboxylic acids is 1. The Kier molecular flexibility index (Phi) is 4.64. The first kappa shape index (κ1) is 12.4. The molecule has 0 bridgehead atoms. The van der Waals surface area contributed by atoms with Crippen molar-refractivity contribution in [3.05, 3.63) is 17.7 Å². The van der Waals surface area contributed by atoms with Crippen molar-refractivity contribution in [3.63, 3.8) is 0 Å². The van der Waals surface area contributed by atoms with E-state index in [2.05, 4.69) is 0 Å². The summed E-state index contributed by atoms with van der Waals surface area (Å²) in [6, 6.07) is 3.27. The molecule has 0 heterocycles. The first-order valence-corrected chi connectivity index (χ1v) is 5.10. The molecule has 16 heavy (non-hydrogen) atoms. The molecule has 4 nitrogen and oxygen atoms in total. The van der Waals surface area contributed by atoms with Crippen LogP contribution >= 0.6 is 0 Å². The fourth-order valence-corrected chi connectivity index (χ4v) is 1.31. The van der Waals surface area contributed by atoms with Crippen molar-refractivity contribution in [1.82, 2.24) is 0 Å². The fraction of sp³-hybridized carbons (Fsp3) is 0.417. The molecule has 0 saturated heterocycles. The third-order valence-electron chi connectivity index (χ3n) is 2.10. The standard InChI is InChI=1S/C12H16O4/c1-4-5-16-12-7-10(14-2)9(8-13)6-11(12)15-3/h6-8H,4-5H2,1-3H3. The fourth-order valence-electron chi connectivity index (χ4n) is 1.31. The SMILES string of the molecule is CCCOc1cc(OC)c(C=O)cc1OC. The molecule has 0 N–H and O–H groups in total. The zero-order valence-electron chi connectivity index (χ0n) is 9.78. The van der Waals surface area contributed by atoms with Crippen LogP contribution in [-0.4, -0.2) is 27.1 Å². The van der Waals surface area contributed by atoms with Gasteiger partial charge in [0, 0.05) is 6.07 Å². The van der Waals surface area contributed by atoms with E-state index in [0.717, 1.165) is 12.7 Å². The van der Waals surface area contributed by atoms with Crippen molar-refractivity contribution < 1.29 is 19.0 Å². The van der Waals surface area contributed by atoms with Crippen LogP contribution in [0.4, 0.5) is 0 Å². The van der Waals surface area contributed by atoms with Crippen LogP contribution in [0.5, 0.6) is 17.2 Å². The molecule has 0 aliphatic heterocycles. The second kappa shape index (κ2) is 6.00. The number of ether oxygens (including phenoxy) is 3. The van der Waals surface area contributed by atoms with Crippen molar-refractivity contribution in [3.8, 4) is 17.2 Å². The molecule has 0 aliphatic carbocycles. The summed E-state index contributed by atoms with van der Waals surface area (Å²) in [6.07, 6.45) is 1.63. The van der Waals surface area contributed by atoms with E-state index in [1.807, 2.05) is 6.92 Å². The summed E-state index contributed by atoms with van der Waals surface area (Å²) in [5, 5.41) is 0. The van der Waals surface area contributed by atoms with E-state index in [1.165, 1.54) is 14.2 Å². The lowest BCUT2D eigenvalue weighted by atomic mass is 10.2. The highest BCUT2D eigenvalue weighted by molar-refractivity contribution is 5.81. The second-order valence-electron chi connectivity index (χ2n) is 3.21. The van der Waals surface area contributed by atoms with E-state index in [1.54, 1.807) is 12.1 Å². The van der Waals surface area contributed by atoms with E-state index in [-0.39, 0.29) is 0 Å². The van der Waals surface area contributed by atoms with E-state index < -0.39 is 0 Å². The number of rotatable bonds is 6. The topological polar surface area (TPSA) is 44.8 Å². The number of benzene rings is 1. The normalized spacial score (nSPS) is 9.69.